The summed E-state index contributed by atoms with van der Waals surface area (Å²) in [7, 11) is 0. The number of ether oxygens (including phenoxy) is 1. The summed E-state index contributed by atoms with van der Waals surface area (Å²) >= 11 is 0. The summed E-state index contributed by atoms with van der Waals surface area (Å²) in [6.07, 6.45) is -0.280. The lowest BCUT2D eigenvalue weighted by Gasteiger charge is -2.03. The fraction of sp³-hybridized carbons (Fsp3) is 0.385. The third-order valence-corrected chi connectivity index (χ3v) is 2.32. The molecule has 0 saturated carbocycles. The molecule has 1 rings (SSSR count). The quantitative estimate of drug-likeness (QED) is 0.428. The minimum atomic E-state index is -0.947. The Morgan fingerprint density at radius 1 is 1.28 bits per heavy atom. The van der Waals surface area contributed by atoms with Gasteiger partial charge in [-0.1, -0.05) is 0 Å². The van der Waals surface area contributed by atoms with Gasteiger partial charge in [-0.25, -0.2) is 8.78 Å². The van der Waals surface area contributed by atoms with E-state index in [1.54, 1.807) is 6.92 Å². The molecule has 3 nitrogen and oxygen atoms in total. The zero-order chi connectivity index (χ0) is 13.5. The molecule has 98 valence electrons. The van der Waals surface area contributed by atoms with E-state index < -0.39 is 23.8 Å². The van der Waals surface area contributed by atoms with E-state index in [2.05, 4.69) is 0 Å². The molecular formula is C13H14F2O3. The summed E-state index contributed by atoms with van der Waals surface area (Å²) in [4.78, 5) is 23.0. The lowest BCUT2D eigenvalue weighted by atomic mass is 10.0. The fourth-order valence-corrected chi connectivity index (χ4v) is 1.41. The maximum absolute atomic E-state index is 13.3. The van der Waals surface area contributed by atoms with Crippen LogP contribution >= 0.6 is 0 Å². The molecule has 0 N–H and O–H groups in total. The van der Waals surface area contributed by atoms with E-state index in [1.165, 1.54) is 0 Å². The topological polar surface area (TPSA) is 43.4 Å². The van der Waals surface area contributed by atoms with Gasteiger partial charge in [0.1, 0.15) is 17.4 Å². The Hall–Kier alpha value is -1.62. The second-order valence-corrected chi connectivity index (χ2v) is 3.71. The SMILES string of the molecule is CCOCCC(=O)CC(=O)c1ccc(F)cc1F. The van der Waals surface area contributed by atoms with Crippen LogP contribution in [-0.4, -0.2) is 24.8 Å². The van der Waals surface area contributed by atoms with E-state index in [9.17, 15) is 18.4 Å². The molecule has 0 unspecified atom stereocenters. The van der Waals surface area contributed by atoms with Crippen molar-refractivity contribution in [1.82, 2.24) is 0 Å². The molecule has 0 atom stereocenters. The first kappa shape index (κ1) is 14.4. The molecule has 5 heteroatoms. The molecule has 0 spiro atoms. The number of ketones is 2. The number of benzene rings is 1. The maximum atomic E-state index is 13.3. The molecule has 0 radical (unpaired) electrons. The van der Waals surface area contributed by atoms with Crippen molar-refractivity contribution >= 4 is 11.6 Å². The normalized spacial score (nSPS) is 10.4. The van der Waals surface area contributed by atoms with Gasteiger partial charge in [0.05, 0.1) is 18.6 Å². The molecule has 1 aromatic rings. The number of hydrogen-bond acceptors (Lipinski definition) is 3. The lowest BCUT2D eigenvalue weighted by molar-refractivity contribution is -0.119. The highest BCUT2D eigenvalue weighted by Crippen LogP contribution is 2.12. The average molecular weight is 256 g/mol. The van der Waals surface area contributed by atoms with E-state index in [0.717, 1.165) is 12.1 Å². The van der Waals surface area contributed by atoms with E-state index in [0.29, 0.717) is 12.7 Å². The Labute approximate surface area is 104 Å². The highest BCUT2D eigenvalue weighted by atomic mass is 19.1. The van der Waals surface area contributed by atoms with Crippen molar-refractivity contribution in [3.63, 3.8) is 0 Å². The van der Waals surface area contributed by atoms with Crippen molar-refractivity contribution in [2.75, 3.05) is 13.2 Å². The second kappa shape index (κ2) is 6.96. The van der Waals surface area contributed by atoms with Crippen molar-refractivity contribution in [3.8, 4) is 0 Å². The van der Waals surface area contributed by atoms with Crippen molar-refractivity contribution in [3.05, 3.63) is 35.4 Å². The molecule has 0 saturated heterocycles. The molecule has 1 aromatic carbocycles. The number of rotatable bonds is 7. The smallest absolute Gasteiger partial charge is 0.173 e. The molecular weight excluding hydrogens is 242 g/mol. The minimum absolute atomic E-state index is 0.113. The van der Waals surface area contributed by atoms with Crippen molar-refractivity contribution < 1.29 is 23.1 Å². The van der Waals surface area contributed by atoms with Crippen LogP contribution in [-0.2, 0) is 9.53 Å². The highest BCUT2D eigenvalue weighted by molar-refractivity contribution is 6.08. The predicted octanol–water partition coefficient (Wildman–Crippen LogP) is 2.53. The molecule has 0 aliphatic rings. The third kappa shape index (κ3) is 4.33. The molecule has 0 fully saturated rings. The van der Waals surface area contributed by atoms with Gasteiger partial charge < -0.3 is 4.74 Å². The molecule has 0 aliphatic heterocycles. The Kier molecular flexibility index (Phi) is 5.58. The second-order valence-electron chi connectivity index (χ2n) is 3.71. The summed E-state index contributed by atoms with van der Waals surface area (Å²) in [5, 5.41) is 0. The van der Waals surface area contributed by atoms with E-state index in [-0.39, 0.29) is 24.4 Å². The summed E-state index contributed by atoms with van der Waals surface area (Å²) in [6, 6.07) is 2.65. The first-order chi connectivity index (χ1) is 8.54. The van der Waals surface area contributed by atoms with Crippen molar-refractivity contribution in [2.45, 2.75) is 19.8 Å². The van der Waals surface area contributed by atoms with Gasteiger partial charge >= 0.3 is 0 Å². The van der Waals surface area contributed by atoms with Crippen LogP contribution in [0.2, 0.25) is 0 Å². The van der Waals surface area contributed by atoms with Gasteiger partial charge in [0.15, 0.2) is 5.78 Å². The molecule has 0 aliphatic carbocycles. The van der Waals surface area contributed by atoms with Crippen LogP contribution in [0, 0.1) is 11.6 Å². The Balaban J connectivity index is 2.57. The number of carbonyl (C=O) groups is 2. The van der Waals surface area contributed by atoms with Gasteiger partial charge in [0.2, 0.25) is 0 Å². The monoisotopic (exact) mass is 256 g/mol. The number of halogens is 2. The standard InChI is InChI=1S/C13H14F2O3/c1-2-18-6-5-10(16)8-13(17)11-4-3-9(14)7-12(11)15/h3-4,7H,2,5-6,8H2,1H3. The van der Waals surface area contributed by atoms with E-state index >= 15 is 0 Å². The van der Waals surface area contributed by atoms with Crippen LogP contribution in [0.4, 0.5) is 8.78 Å². The van der Waals surface area contributed by atoms with Crippen molar-refractivity contribution in [1.29, 1.82) is 0 Å². The zero-order valence-electron chi connectivity index (χ0n) is 10.0. The van der Waals surface area contributed by atoms with Crippen LogP contribution < -0.4 is 0 Å². The molecule has 18 heavy (non-hydrogen) atoms. The van der Waals surface area contributed by atoms with Crippen LogP contribution in [0.25, 0.3) is 0 Å². The lowest BCUT2D eigenvalue weighted by Crippen LogP contribution is -2.12. The summed E-state index contributed by atoms with van der Waals surface area (Å²) < 4.78 is 30.9. The minimum Gasteiger partial charge on any atom is -0.381 e. The van der Waals surface area contributed by atoms with E-state index in [4.69, 9.17) is 4.74 Å². The van der Waals surface area contributed by atoms with Crippen LogP contribution in [0.5, 0.6) is 0 Å². The van der Waals surface area contributed by atoms with Gasteiger partial charge in [0, 0.05) is 19.1 Å². The number of carbonyl (C=O) groups excluding carboxylic acids is 2. The average Bonchev–Trinajstić information content (AvgIpc) is 2.28. The van der Waals surface area contributed by atoms with Crippen LogP contribution in [0.15, 0.2) is 18.2 Å². The fourth-order valence-electron chi connectivity index (χ4n) is 1.41. The number of Topliss-reactive ketones (excluding diaryl/α,β-unsaturated/α-hetero) is 2. The van der Waals surface area contributed by atoms with E-state index in [1.807, 2.05) is 0 Å². The number of hydrogen-bond donors (Lipinski definition) is 0. The molecule has 0 heterocycles. The largest absolute Gasteiger partial charge is 0.381 e. The summed E-state index contributed by atoms with van der Waals surface area (Å²) in [5.41, 5.74) is -0.263. The van der Waals surface area contributed by atoms with Crippen molar-refractivity contribution in [2.24, 2.45) is 0 Å². The van der Waals surface area contributed by atoms with Crippen LogP contribution in [0.1, 0.15) is 30.1 Å². The third-order valence-electron chi connectivity index (χ3n) is 2.32. The molecule has 0 aromatic heterocycles. The van der Waals surface area contributed by atoms with Crippen LogP contribution in [0.3, 0.4) is 0 Å². The summed E-state index contributed by atoms with van der Waals surface area (Å²) in [5.74, 6) is -2.67. The van der Waals surface area contributed by atoms with Gasteiger partial charge in [-0.2, -0.15) is 0 Å². The summed E-state index contributed by atoms with van der Waals surface area (Å²) in [6.45, 7) is 2.53. The Morgan fingerprint density at radius 3 is 2.61 bits per heavy atom. The van der Waals surface area contributed by atoms with Gasteiger partial charge in [0.25, 0.3) is 0 Å². The first-order valence-corrected chi connectivity index (χ1v) is 5.62. The first-order valence-electron chi connectivity index (χ1n) is 5.62. The maximum Gasteiger partial charge on any atom is 0.173 e. The molecule has 0 amide bonds. The zero-order valence-corrected chi connectivity index (χ0v) is 10.0. The van der Waals surface area contributed by atoms with Gasteiger partial charge in [-0.3, -0.25) is 9.59 Å². The molecule has 0 bridgehead atoms. The van der Waals surface area contributed by atoms with Gasteiger partial charge in [-0.15, -0.1) is 0 Å². The van der Waals surface area contributed by atoms with Gasteiger partial charge in [-0.05, 0) is 19.1 Å². The Bertz CT molecular complexity index is 444. The highest BCUT2D eigenvalue weighted by Gasteiger charge is 2.16. The predicted molar refractivity (Wildman–Crippen MR) is 61.4 cm³/mol. The Morgan fingerprint density at radius 2 is 2.00 bits per heavy atom.